The van der Waals surface area contributed by atoms with Crippen molar-refractivity contribution in [1.29, 1.82) is 0 Å². The summed E-state index contributed by atoms with van der Waals surface area (Å²) in [4.78, 5) is 0. The molecule has 1 heteroatoms. The summed E-state index contributed by atoms with van der Waals surface area (Å²) in [7, 11) is 2.09. The summed E-state index contributed by atoms with van der Waals surface area (Å²) in [6.07, 6.45) is 13.3. The van der Waals surface area contributed by atoms with Crippen LogP contribution in [0.15, 0.2) is 0 Å². The smallest absolute Gasteiger partial charge is 0.0107 e. The lowest BCUT2D eigenvalue weighted by molar-refractivity contribution is 0.440. The minimum atomic E-state index is 0.694. The van der Waals surface area contributed by atoms with E-state index >= 15 is 0 Å². The topological polar surface area (TPSA) is 12.0 Å². The highest BCUT2D eigenvalue weighted by Crippen LogP contribution is 2.57. The lowest BCUT2D eigenvalue weighted by Gasteiger charge is -2.14. The second-order valence-corrected chi connectivity index (χ2v) is 4.83. The highest BCUT2D eigenvalue weighted by atomic mass is 14.9. The maximum absolute atomic E-state index is 5.32. The summed E-state index contributed by atoms with van der Waals surface area (Å²) < 4.78 is 0. The molecule has 0 saturated heterocycles. The van der Waals surface area contributed by atoms with E-state index in [4.69, 9.17) is 6.42 Å². The number of hydrogen-bond acceptors (Lipinski definition) is 1. The van der Waals surface area contributed by atoms with Crippen LogP contribution in [0.3, 0.4) is 0 Å². The van der Waals surface area contributed by atoms with Crippen LogP contribution >= 0.6 is 0 Å². The maximum Gasteiger partial charge on any atom is 0.0107 e. The Hall–Kier alpha value is -0.480. The molecule has 0 amide bonds. The first kappa shape index (κ1) is 10.1. The fourth-order valence-corrected chi connectivity index (χ4v) is 3.41. The van der Waals surface area contributed by atoms with E-state index < -0.39 is 0 Å². The Balaban J connectivity index is 1.85. The molecular weight excluding hydrogens is 170 g/mol. The first-order valence-electron chi connectivity index (χ1n) is 5.99. The van der Waals surface area contributed by atoms with Crippen molar-refractivity contribution in [1.82, 2.24) is 5.32 Å². The van der Waals surface area contributed by atoms with E-state index in [2.05, 4.69) is 18.3 Å². The largest absolute Gasteiger partial charge is 0.317 e. The molecule has 1 N–H and O–H groups in total. The Morgan fingerprint density at radius 3 is 2.50 bits per heavy atom. The van der Waals surface area contributed by atoms with Crippen LogP contribution in [0.25, 0.3) is 0 Å². The SMILES string of the molecule is C#CCCC(NC)C1C2CCCCC21. The number of nitrogens with one attached hydrogen (secondary N) is 1. The molecule has 2 aliphatic carbocycles. The molecule has 78 valence electrons. The van der Waals surface area contributed by atoms with E-state index in [1.165, 1.54) is 32.1 Å². The average Bonchev–Trinajstić information content (AvgIpc) is 2.94. The summed E-state index contributed by atoms with van der Waals surface area (Å²) in [6.45, 7) is 0. The van der Waals surface area contributed by atoms with E-state index in [-0.39, 0.29) is 0 Å². The van der Waals surface area contributed by atoms with Crippen molar-refractivity contribution in [2.45, 2.75) is 44.6 Å². The van der Waals surface area contributed by atoms with Gasteiger partial charge < -0.3 is 5.32 Å². The molecule has 0 radical (unpaired) electrons. The number of hydrogen-bond donors (Lipinski definition) is 1. The van der Waals surface area contributed by atoms with Crippen molar-refractivity contribution in [2.75, 3.05) is 7.05 Å². The van der Waals surface area contributed by atoms with Gasteiger partial charge in [0, 0.05) is 12.5 Å². The lowest BCUT2D eigenvalue weighted by atomic mass is 10.0. The predicted molar refractivity (Wildman–Crippen MR) is 59.9 cm³/mol. The normalized spacial score (nSPS) is 37.0. The van der Waals surface area contributed by atoms with Crippen molar-refractivity contribution < 1.29 is 0 Å². The molecular formula is C13H21N. The third-order valence-electron chi connectivity index (χ3n) is 4.16. The molecule has 0 aromatic heterocycles. The Kier molecular flexibility index (Phi) is 3.13. The van der Waals surface area contributed by atoms with Crippen molar-refractivity contribution in [3.63, 3.8) is 0 Å². The van der Waals surface area contributed by atoms with E-state index in [0.29, 0.717) is 6.04 Å². The number of rotatable bonds is 4. The van der Waals surface area contributed by atoms with Crippen molar-refractivity contribution in [3.05, 3.63) is 0 Å². The molecule has 0 aromatic carbocycles. The van der Waals surface area contributed by atoms with Gasteiger partial charge in [-0.2, -0.15) is 0 Å². The molecule has 3 unspecified atom stereocenters. The van der Waals surface area contributed by atoms with Crippen molar-refractivity contribution >= 4 is 0 Å². The summed E-state index contributed by atoms with van der Waals surface area (Å²) in [5.74, 6) is 5.79. The van der Waals surface area contributed by atoms with Gasteiger partial charge in [-0.3, -0.25) is 0 Å². The third kappa shape index (κ3) is 1.81. The van der Waals surface area contributed by atoms with E-state index in [1.807, 2.05) is 0 Å². The van der Waals surface area contributed by atoms with Crippen LogP contribution in [0.1, 0.15) is 38.5 Å². The minimum absolute atomic E-state index is 0.694. The monoisotopic (exact) mass is 191 g/mol. The van der Waals surface area contributed by atoms with Gasteiger partial charge in [0.2, 0.25) is 0 Å². The molecule has 2 aliphatic rings. The quantitative estimate of drug-likeness (QED) is 0.673. The summed E-state index contributed by atoms with van der Waals surface area (Å²) in [5, 5.41) is 3.46. The lowest BCUT2D eigenvalue weighted by Crippen LogP contribution is -2.28. The average molecular weight is 191 g/mol. The molecule has 2 saturated carbocycles. The number of fused-ring (bicyclic) bond motifs is 1. The van der Waals surface area contributed by atoms with Gasteiger partial charge in [-0.1, -0.05) is 12.8 Å². The van der Waals surface area contributed by atoms with E-state index in [1.54, 1.807) is 0 Å². The van der Waals surface area contributed by atoms with Gasteiger partial charge in [0.05, 0.1) is 0 Å². The van der Waals surface area contributed by atoms with Gasteiger partial charge >= 0.3 is 0 Å². The zero-order valence-corrected chi connectivity index (χ0v) is 9.13. The van der Waals surface area contributed by atoms with Crippen LogP contribution in [0, 0.1) is 30.1 Å². The van der Waals surface area contributed by atoms with Crippen molar-refractivity contribution in [2.24, 2.45) is 17.8 Å². The van der Waals surface area contributed by atoms with Gasteiger partial charge in [-0.05, 0) is 44.1 Å². The number of terminal acetylenes is 1. The standard InChI is InChI=1S/C13H21N/c1-3-4-9-12(14-2)13-10-7-5-6-8-11(10)13/h1,10-14H,4-9H2,2H3. The Morgan fingerprint density at radius 1 is 1.36 bits per heavy atom. The maximum atomic E-state index is 5.32. The van der Waals surface area contributed by atoms with E-state index in [9.17, 15) is 0 Å². The molecule has 1 nitrogen and oxygen atoms in total. The minimum Gasteiger partial charge on any atom is -0.317 e. The third-order valence-corrected chi connectivity index (χ3v) is 4.16. The fraction of sp³-hybridized carbons (Fsp3) is 0.846. The van der Waals surface area contributed by atoms with Crippen LogP contribution < -0.4 is 5.32 Å². The van der Waals surface area contributed by atoms with Crippen LogP contribution in [-0.2, 0) is 0 Å². The van der Waals surface area contributed by atoms with Gasteiger partial charge in [0.15, 0.2) is 0 Å². The molecule has 2 rings (SSSR count). The molecule has 3 atom stereocenters. The van der Waals surface area contributed by atoms with E-state index in [0.717, 1.165) is 24.2 Å². The fourth-order valence-electron chi connectivity index (χ4n) is 3.41. The zero-order chi connectivity index (χ0) is 9.97. The van der Waals surface area contributed by atoms with Gasteiger partial charge in [-0.15, -0.1) is 12.3 Å². The Labute approximate surface area is 87.7 Å². The predicted octanol–water partition coefficient (Wildman–Crippen LogP) is 2.42. The molecule has 0 spiro atoms. The molecule has 2 fully saturated rings. The highest BCUT2D eigenvalue weighted by molar-refractivity contribution is 5.05. The molecule has 0 heterocycles. The molecule has 0 aromatic rings. The first-order valence-corrected chi connectivity index (χ1v) is 5.99. The van der Waals surface area contributed by atoms with Crippen molar-refractivity contribution in [3.8, 4) is 12.3 Å². The molecule has 14 heavy (non-hydrogen) atoms. The second-order valence-electron chi connectivity index (χ2n) is 4.83. The van der Waals surface area contributed by atoms with Crippen LogP contribution in [0.2, 0.25) is 0 Å². The van der Waals surface area contributed by atoms with Crippen LogP contribution in [0.5, 0.6) is 0 Å². The highest BCUT2D eigenvalue weighted by Gasteiger charge is 2.53. The molecule has 0 bridgehead atoms. The summed E-state index contributed by atoms with van der Waals surface area (Å²) in [5.41, 5.74) is 0. The zero-order valence-electron chi connectivity index (χ0n) is 9.13. The first-order chi connectivity index (χ1) is 6.88. The molecule has 0 aliphatic heterocycles. The van der Waals surface area contributed by atoms with Gasteiger partial charge in [0.1, 0.15) is 0 Å². The summed E-state index contributed by atoms with van der Waals surface area (Å²) >= 11 is 0. The summed E-state index contributed by atoms with van der Waals surface area (Å²) in [6, 6.07) is 0.694. The van der Waals surface area contributed by atoms with Gasteiger partial charge in [-0.25, -0.2) is 0 Å². The Bertz CT molecular complexity index is 216. The van der Waals surface area contributed by atoms with Crippen LogP contribution in [-0.4, -0.2) is 13.1 Å². The van der Waals surface area contributed by atoms with Crippen LogP contribution in [0.4, 0.5) is 0 Å². The van der Waals surface area contributed by atoms with Gasteiger partial charge in [0.25, 0.3) is 0 Å². The Morgan fingerprint density at radius 2 is 2.00 bits per heavy atom. The second kappa shape index (κ2) is 4.36.